The van der Waals surface area contributed by atoms with Gasteiger partial charge in [0.25, 0.3) is 5.91 Å². The average molecular weight is 445 g/mol. The number of carbonyl (C=O) groups excluding carboxylic acids is 1. The average Bonchev–Trinajstić information content (AvgIpc) is 3.26. The molecule has 7 heteroatoms. The molecule has 0 aliphatic heterocycles. The van der Waals surface area contributed by atoms with Crippen LogP contribution >= 0.6 is 0 Å². The van der Waals surface area contributed by atoms with Gasteiger partial charge in [-0.2, -0.15) is 0 Å². The van der Waals surface area contributed by atoms with Crippen LogP contribution in [0.4, 0.5) is 0 Å². The van der Waals surface area contributed by atoms with E-state index in [4.69, 9.17) is 9.47 Å². The second kappa shape index (κ2) is 10.2. The number of hydrogen-bond acceptors (Lipinski definition) is 5. The summed E-state index contributed by atoms with van der Waals surface area (Å²) < 4.78 is 13.2. The maximum Gasteiger partial charge on any atom is 0.255 e. The Balaban J connectivity index is 1.43. The quantitative estimate of drug-likeness (QED) is 0.423. The lowest BCUT2D eigenvalue weighted by atomic mass is 10.1. The maximum absolute atomic E-state index is 13.0. The highest BCUT2D eigenvalue weighted by atomic mass is 16.5. The third-order valence-electron chi connectivity index (χ3n) is 5.50. The van der Waals surface area contributed by atoms with E-state index >= 15 is 0 Å². The van der Waals surface area contributed by atoms with Crippen LogP contribution in [0.25, 0.3) is 5.65 Å². The van der Waals surface area contributed by atoms with Gasteiger partial charge in [0, 0.05) is 18.9 Å². The van der Waals surface area contributed by atoms with Crippen molar-refractivity contribution in [3.63, 3.8) is 0 Å². The van der Waals surface area contributed by atoms with E-state index in [1.54, 1.807) is 19.2 Å². The molecule has 0 aliphatic rings. The van der Waals surface area contributed by atoms with Crippen LogP contribution < -0.4 is 14.8 Å². The van der Waals surface area contributed by atoms with E-state index in [-0.39, 0.29) is 18.6 Å². The van der Waals surface area contributed by atoms with Gasteiger partial charge in [0.05, 0.1) is 24.4 Å². The molecule has 170 valence electrons. The number of amides is 1. The standard InChI is InChI=1S/C26H28N4O3/c1-29(2)23(19-11-13-21(32-3)14-12-19)16-27-26(31)22-8-4-5-9-24(22)33-18-20-17-30-15-7-6-10-25(30)28-20/h4-15,17,23H,16,18H2,1-3H3,(H,27,31). The van der Waals surface area contributed by atoms with Crippen molar-refractivity contribution >= 4 is 11.6 Å². The molecule has 0 fully saturated rings. The number of para-hydroxylation sites is 1. The monoisotopic (exact) mass is 444 g/mol. The van der Waals surface area contributed by atoms with Gasteiger partial charge in [-0.3, -0.25) is 4.79 Å². The lowest BCUT2D eigenvalue weighted by Gasteiger charge is -2.25. The van der Waals surface area contributed by atoms with Crippen molar-refractivity contribution in [2.75, 3.05) is 27.7 Å². The number of methoxy groups -OCH3 is 1. The van der Waals surface area contributed by atoms with E-state index in [0.29, 0.717) is 17.9 Å². The number of benzene rings is 2. The molecular formula is C26H28N4O3. The molecule has 1 unspecified atom stereocenters. The Morgan fingerprint density at radius 2 is 1.82 bits per heavy atom. The summed E-state index contributed by atoms with van der Waals surface area (Å²) in [5, 5.41) is 3.06. The Morgan fingerprint density at radius 3 is 2.55 bits per heavy atom. The minimum Gasteiger partial charge on any atom is -0.497 e. The topological polar surface area (TPSA) is 68.1 Å². The molecule has 0 bridgehead atoms. The number of aromatic nitrogens is 2. The van der Waals surface area contributed by atoms with E-state index in [1.807, 2.05) is 85.5 Å². The Labute approximate surface area is 193 Å². The van der Waals surface area contributed by atoms with Gasteiger partial charge >= 0.3 is 0 Å². The smallest absolute Gasteiger partial charge is 0.255 e. The van der Waals surface area contributed by atoms with Crippen LogP contribution in [0.5, 0.6) is 11.5 Å². The van der Waals surface area contributed by atoms with Crippen LogP contribution in [0, 0.1) is 0 Å². The zero-order valence-corrected chi connectivity index (χ0v) is 19.1. The van der Waals surface area contributed by atoms with Crippen molar-refractivity contribution < 1.29 is 14.3 Å². The van der Waals surface area contributed by atoms with Crippen LogP contribution in [0.1, 0.15) is 27.7 Å². The normalized spacial score (nSPS) is 12.0. The molecule has 1 atom stereocenters. The SMILES string of the molecule is COc1ccc(C(CNC(=O)c2ccccc2OCc2cn3ccccc3n2)N(C)C)cc1. The summed E-state index contributed by atoms with van der Waals surface area (Å²) in [4.78, 5) is 19.7. The lowest BCUT2D eigenvalue weighted by molar-refractivity contribution is 0.0937. The molecule has 0 radical (unpaired) electrons. The molecule has 0 aliphatic carbocycles. The molecule has 2 heterocycles. The van der Waals surface area contributed by atoms with E-state index in [1.165, 1.54) is 0 Å². The van der Waals surface area contributed by atoms with E-state index < -0.39 is 0 Å². The van der Waals surface area contributed by atoms with Crippen molar-refractivity contribution in [2.24, 2.45) is 0 Å². The van der Waals surface area contributed by atoms with Crippen LogP contribution in [0.2, 0.25) is 0 Å². The first-order valence-electron chi connectivity index (χ1n) is 10.8. The number of nitrogens with zero attached hydrogens (tertiary/aromatic N) is 3. The number of pyridine rings is 1. The molecule has 4 rings (SSSR count). The third-order valence-corrected chi connectivity index (χ3v) is 5.50. The minimum atomic E-state index is -0.180. The van der Waals surface area contributed by atoms with Crippen molar-refractivity contribution in [1.29, 1.82) is 0 Å². The fourth-order valence-electron chi connectivity index (χ4n) is 3.70. The molecule has 0 saturated heterocycles. The zero-order valence-electron chi connectivity index (χ0n) is 19.1. The van der Waals surface area contributed by atoms with Crippen molar-refractivity contribution in [1.82, 2.24) is 19.6 Å². The van der Waals surface area contributed by atoms with Gasteiger partial charge in [0.15, 0.2) is 0 Å². The van der Waals surface area contributed by atoms with Gasteiger partial charge in [0.2, 0.25) is 0 Å². The number of ether oxygens (including phenoxy) is 2. The molecule has 4 aromatic rings. The lowest BCUT2D eigenvalue weighted by Crippen LogP contribution is -2.34. The number of imidazole rings is 1. The number of nitrogens with one attached hydrogen (secondary N) is 1. The first-order chi connectivity index (χ1) is 16.0. The molecular weight excluding hydrogens is 416 g/mol. The number of carbonyl (C=O) groups is 1. The minimum absolute atomic E-state index is 0.0194. The Hall–Kier alpha value is -3.84. The van der Waals surface area contributed by atoms with E-state index in [0.717, 1.165) is 22.7 Å². The van der Waals surface area contributed by atoms with E-state index in [2.05, 4.69) is 15.2 Å². The fraction of sp³-hybridized carbons (Fsp3) is 0.231. The van der Waals surface area contributed by atoms with Crippen LogP contribution in [-0.2, 0) is 6.61 Å². The summed E-state index contributed by atoms with van der Waals surface area (Å²) >= 11 is 0. The Morgan fingerprint density at radius 1 is 1.06 bits per heavy atom. The van der Waals surface area contributed by atoms with Gasteiger partial charge in [-0.1, -0.05) is 30.3 Å². The van der Waals surface area contributed by atoms with Gasteiger partial charge in [-0.15, -0.1) is 0 Å². The van der Waals surface area contributed by atoms with Gasteiger partial charge in [0.1, 0.15) is 23.8 Å². The Bertz CT molecular complexity index is 1180. The molecule has 7 nitrogen and oxygen atoms in total. The summed E-state index contributed by atoms with van der Waals surface area (Å²) in [6.07, 6.45) is 3.87. The van der Waals surface area contributed by atoms with Gasteiger partial charge in [-0.25, -0.2) is 4.98 Å². The summed E-state index contributed by atoms with van der Waals surface area (Å²) in [6, 6.07) is 21.0. The van der Waals surface area contributed by atoms with Crippen LogP contribution in [-0.4, -0.2) is 47.9 Å². The second-order valence-corrected chi connectivity index (χ2v) is 7.95. The van der Waals surface area contributed by atoms with Crippen molar-refractivity contribution in [3.05, 3.63) is 95.9 Å². The van der Waals surface area contributed by atoms with Crippen LogP contribution in [0.15, 0.2) is 79.1 Å². The maximum atomic E-state index is 13.0. The largest absolute Gasteiger partial charge is 0.497 e. The first kappa shape index (κ1) is 22.4. The molecule has 2 aromatic heterocycles. The zero-order chi connectivity index (χ0) is 23.2. The number of hydrogen-bond donors (Lipinski definition) is 1. The van der Waals surface area contributed by atoms with Crippen molar-refractivity contribution in [2.45, 2.75) is 12.6 Å². The summed E-state index contributed by atoms with van der Waals surface area (Å²) in [6.45, 7) is 0.733. The molecule has 33 heavy (non-hydrogen) atoms. The molecule has 1 N–H and O–H groups in total. The molecule has 0 spiro atoms. The van der Waals surface area contributed by atoms with E-state index in [9.17, 15) is 4.79 Å². The number of fused-ring (bicyclic) bond motifs is 1. The van der Waals surface area contributed by atoms with Gasteiger partial charge < -0.3 is 24.1 Å². The molecule has 2 aromatic carbocycles. The molecule has 0 saturated carbocycles. The first-order valence-corrected chi connectivity index (χ1v) is 10.8. The van der Waals surface area contributed by atoms with Crippen LogP contribution in [0.3, 0.4) is 0 Å². The third kappa shape index (κ3) is 5.32. The number of likely N-dealkylation sites (N-methyl/N-ethyl adjacent to an activating group) is 1. The fourth-order valence-corrected chi connectivity index (χ4v) is 3.70. The highest BCUT2D eigenvalue weighted by Crippen LogP contribution is 2.22. The predicted molar refractivity (Wildman–Crippen MR) is 128 cm³/mol. The van der Waals surface area contributed by atoms with Crippen molar-refractivity contribution in [3.8, 4) is 11.5 Å². The van der Waals surface area contributed by atoms with Gasteiger partial charge in [-0.05, 0) is 56.1 Å². The highest BCUT2D eigenvalue weighted by molar-refractivity contribution is 5.96. The second-order valence-electron chi connectivity index (χ2n) is 7.95. The summed E-state index contributed by atoms with van der Waals surface area (Å²) in [7, 11) is 5.63. The molecule has 1 amide bonds. The highest BCUT2D eigenvalue weighted by Gasteiger charge is 2.18. The summed E-state index contributed by atoms with van der Waals surface area (Å²) in [5.74, 6) is 1.15. The predicted octanol–water partition coefficient (Wildman–Crippen LogP) is 3.95. The number of rotatable bonds is 9. The summed E-state index contributed by atoms with van der Waals surface area (Å²) in [5.41, 5.74) is 3.24. The Kier molecular flexibility index (Phi) is 6.90.